The molecule has 0 aromatic heterocycles. The lowest BCUT2D eigenvalue weighted by atomic mass is 10.1. The van der Waals surface area contributed by atoms with Crippen LogP contribution in [-0.4, -0.2) is 33.0 Å². The summed E-state index contributed by atoms with van der Waals surface area (Å²) in [4.78, 5) is 0. The molecule has 0 bridgehead atoms. The van der Waals surface area contributed by atoms with E-state index in [4.69, 9.17) is 25.8 Å². The molecule has 0 saturated heterocycles. The fourth-order valence-corrected chi connectivity index (χ4v) is 1.89. The van der Waals surface area contributed by atoms with Gasteiger partial charge in [0.1, 0.15) is 6.61 Å². The van der Waals surface area contributed by atoms with E-state index < -0.39 is 0 Å². The van der Waals surface area contributed by atoms with E-state index in [0.717, 1.165) is 5.56 Å². The molecule has 0 aliphatic carbocycles. The van der Waals surface area contributed by atoms with Gasteiger partial charge in [0.25, 0.3) is 0 Å². The SMILES string of the molecule is COCCOc1c(CNC(C)(C)C)cc(Cl)cc1OC. The van der Waals surface area contributed by atoms with Crippen LogP contribution in [0.4, 0.5) is 0 Å². The summed E-state index contributed by atoms with van der Waals surface area (Å²) in [6.45, 7) is 7.98. The molecule has 4 nitrogen and oxygen atoms in total. The number of nitrogens with one attached hydrogen (secondary N) is 1. The molecule has 0 heterocycles. The molecule has 0 aliphatic heterocycles. The van der Waals surface area contributed by atoms with E-state index in [2.05, 4.69) is 26.1 Å². The van der Waals surface area contributed by atoms with Gasteiger partial charge in [0.15, 0.2) is 11.5 Å². The van der Waals surface area contributed by atoms with Gasteiger partial charge in [-0.05, 0) is 26.8 Å². The van der Waals surface area contributed by atoms with Gasteiger partial charge in [-0.25, -0.2) is 0 Å². The third kappa shape index (κ3) is 5.57. The van der Waals surface area contributed by atoms with Crippen molar-refractivity contribution in [2.75, 3.05) is 27.4 Å². The average molecular weight is 302 g/mol. The van der Waals surface area contributed by atoms with Crippen molar-refractivity contribution in [3.63, 3.8) is 0 Å². The highest BCUT2D eigenvalue weighted by Gasteiger charge is 2.15. The smallest absolute Gasteiger partial charge is 0.165 e. The van der Waals surface area contributed by atoms with Gasteiger partial charge in [-0.15, -0.1) is 0 Å². The summed E-state index contributed by atoms with van der Waals surface area (Å²) >= 11 is 6.12. The molecule has 114 valence electrons. The number of hydrogen-bond acceptors (Lipinski definition) is 4. The standard InChI is InChI=1S/C15H24ClNO3/c1-15(2,3)17-10-11-8-12(16)9-13(19-5)14(11)20-7-6-18-4/h8-9,17H,6-7,10H2,1-5H3. The van der Waals surface area contributed by atoms with Crippen LogP contribution in [0.15, 0.2) is 12.1 Å². The van der Waals surface area contributed by atoms with Gasteiger partial charge >= 0.3 is 0 Å². The van der Waals surface area contributed by atoms with Crippen LogP contribution in [0.1, 0.15) is 26.3 Å². The lowest BCUT2D eigenvalue weighted by molar-refractivity contribution is 0.143. The number of ether oxygens (including phenoxy) is 3. The van der Waals surface area contributed by atoms with E-state index in [1.807, 2.05) is 6.07 Å². The van der Waals surface area contributed by atoms with Crippen LogP contribution in [0.2, 0.25) is 5.02 Å². The molecule has 0 amide bonds. The van der Waals surface area contributed by atoms with Crippen molar-refractivity contribution in [3.05, 3.63) is 22.7 Å². The van der Waals surface area contributed by atoms with Crippen molar-refractivity contribution < 1.29 is 14.2 Å². The molecule has 1 rings (SSSR count). The summed E-state index contributed by atoms with van der Waals surface area (Å²) in [6, 6.07) is 3.65. The van der Waals surface area contributed by atoms with Crippen molar-refractivity contribution in [1.82, 2.24) is 5.32 Å². The number of hydrogen-bond donors (Lipinski definition) is 1. The van der Waals surface area contributed by atoms with Crippen molar-refractivity contribution in [2.45, 2.75) is 32.9 Å². The highest BCUT2D eigenvalue weighted by atomic mass is 35.5. The second kappa shape index (κ2) is 7.72. The Morgan fingerprint density at radius 3 is 2.40 bits per heavy atom. The second-order valence-electron chi connectivity index (χ2n) is 5.54. The maximum absolute atomic E-state index is 6.12. The zero-order valence-corrected chi connectivity index (χ0v) is 13.6. The lowest BCUT2D eigenvalue weighted by Gasteiger charge is -2.22. The predicted molar refractivity (Wildman–Crippen MR) is 82.0 cm³/mol. The molecule has 0 saturated carbocycles. The Morgan fingerprint density at radius 2 is 1.85 bits per heavy atom. The molecule has 0 atom stereocenters. The van der Waals surface area contributed by atoms with Crippen LogP contribution < -0.4 is 14.8 Å². The number of rotatable bonds is 7. The van der Waals surface area contributed by atoms with E-state index in [1.165, 1.54) is 0 Å². The van der Waals surface area contributed by atoms with Crippen molar-refractivity contribution >= 4 is 11.6 Å². The number of halogens is 1. The van der Waals surface area contributed by atoms with Gasteiger partial charge in [-0.2, -0.15) is 0 Å². The fourth-order valence-electron chi connectivity index (χ4n) is 1.66. The highest BCUT2D eigenvalue weighted by Crippen LogP contribution is 2.35. The van der Waals surface area contributed by atoms with Crippen LogP contribution in [0, 0.1) is 0 Å². The molecular weight excluding hydrogens is 278 g/mol. The zero-order chi connectivity index (χ0) is 15.2. The molecule has 1 aromatic rings. The Kier molecular flexibility index (Phi) is 6.59. The van der Waals surface area contributed by atoms with Crippen LogP contribution in [0.3, 0.4) is 0 Å². The normalized spacial score (nSPS) is 11.5. The Labute approximate surface area is 126 Å². The summed E-state index contributed by atoms with van der Waals surface area (Å²) in [5.74, 6) is 1.35. The summed E-state index contributed by atoms with van der Waals surface area (Å²) in [5, 5.41) is 4.05. The minimum absolute atomic E-state index is 0.0132. The molecular formula is C15H24ClNO3. The van der Waals surface area contributed by atoms with Crippen molar-refractivity contribution in [1.29, 1.82) is 0 Å². The Balaban J connectivity index is 2.95. The zero-order valence-electron chi connectivity index (χ0n) is 12.9. The third-order valence-corrected chi connectivity index (χ3v) is 2.88. The van der Waals surface area contributed by atoms with Crippen molar-refractivity contribution in [3.8, 4) is 11.5 Å². The Morgan fingerprint density at radius 1 is 1.15 bits per heavy atom. The molecule has 1 aromatic carbocycles. The van der Waals surface area contributed by atoms with Gasteiger partial charge in [0.2, 0.25) is 0 Å². The quantitative estimate of drug-likeness (QED) is 0.785. The monoisotopic (exact) mass is 301 g/mol. The Bertz CT molecular complexity index is 430. The molecule has 0 aliphatic rings. The van der Waals surface area contributed by atoms with E-state index in [1.54, 1.807) is 20.3 Å². The number of methoxy groups -OCH3 is 2. The van der Waals surface area contributed by atoms with Crippen LogP contribution in [0.5, 0.6) is 11.5 Å². The van der Waals surface area contributed by atoms with Crippen LogP contribution in [-0.2, 0) is 11.3 Å². The maximum Gasteiger partial charge on any atom is 0.165 e. The predicted octanol–water partition coefficient (Wildman–Crippen LogP) is 3.26. The number of benzene rings is 1. The van der Waals surface area contributed by atoms with Gasteiger partial charge in [0, 0.05) is 35.8 Å². The summed E-state index contributed by atoms with van der Waals surface area (Å²) in [7, 11) is 3.25. The summed E-state index contributed by atoms with van der Waals surface area (Å²) < 4.78 is 16.1. The molecule has 20 heavy (non-hydrogen) atoms. The largest absolute Gasteiger partial charge is 0.493 e. The molecule has 0 radical (unpaired) electrons. The van der Waals surface area contributed by atoms with Gasteiger partial charge in [-0.1, -0.05) is 11.6 Å². The summed E-state index contributed by atoms with van der Waals surface area (Å²) in [5.41, 5.74) is 0.986. The minimum atomic E-state index is 0.0132. The molecule has 1 N–H and O–H groups in total. The third-order valence-electron chi connectivity index (χ3n) is 2.66. The van der Waals surface area contributed by atoms with Crippen LogP contribution in [0.25, 0.3) is 0 Å². The first-order valence-corrected chi connectivity index (χ1v) is 6.98. The first-order chi connectivity index (χ1) is 9.37. The van der Waals surface area contributed by atoms with Crippen molar-refractivity contribution in [2.24, 2.45) is 0 Å². The van der Waals surface area contributed by atoms with E-state index in [0.29, 0.717) is 36.3 Å². The van der Waals surface area contributed by atoms with Gasteiger partial charge in [0.05, 0.1) is 13.7 Å². The molecule has 0 spiro atoms. The minimum Gasteiger partial charge on any atom is -0.493 e. The highest BCUT2D eigenvalue weighted by molar-refractivity contribution is 6.30. The lowest BCUT2D eigenvalue weighted by Crippen LogP contribution is -2.35. The van der Waals surface area contributed by atoms with E-state index in [-0.39, 0.29) is 5.54 Å². The topological polar surface area (TPSA) is 39.7 Å². The van der Waals surface area contributed by atoms with E-state index >= 15 is 0 Å². The maximum atomic E-state index is 6.12. The average Bonchev–Trinajstić information content (AvgIpc) is 2.37. The van der Waals surface area contributed by atoms with Crippen LogP contribution >= 0.6 is 11.6 Å². The van der Waals surface area contributed by atoms with Gasteiger partial charge in [-0.3, -0.25) is 0 Å². The summed E-state index contributed by atoms with van der Waals surface area (Å²) in [6.07, 6.45) is 0. The molecule has 5 heteroatoms. The first kappa shape index (κ1) is 17.1. The Hall–Kier alpha value is -0.970. The fraction of sp³-hybridized carbons (Fsp3) is 0.600. The first-order valence-electron chi connectivity index (χ1n) is 6.60. The van der Waals surface area contributed by atoms with Gasteiger partial charge < -0.3 is 19.5 Å². The second-order valence-corrected chi connectivity index (χ2v) is 5.98. The molecule has 0 fully saturated rings. The van der Waals surface area contributed by atoms with E-state index in [9.17, 15) is 0 Å². The molecule has 0 unspecified atom stereocenters.